The zero-order valence-electron chi connectivity index (χ0n) is 11.3. The van der Waals surface area contributed by atoms with Crippen LogP contribution in [-0.4, -0.2) is 28.9 Å². The Hall–Kier alpha value is -1.16. The molecule has 0 spiro atoms. The van der Waals surface area contributed by atoms with E-state index in [-0.39, 0.29) is 5.91 Å². The van der Waals surface area contributed by atoms with Crippen molar-refractivity contribution in [2.45, 2.75) is 32.6 Å². The van der Waals surface area contributed by atoms with Crippen molar-refractivity contribution in [1.29, 1.82) is 0 Å². The summed E-state index contributed by atoms with van der Waals surface area (Å²) < 4.78 is 0. The molecule has 0 aromatic carbocycles. The Balaban J connectivity index is 1.67. The van der Waals surface area contributed by atoms with Crippen LogP contribution in [0.15, 0.2) is 17.5 Å². The van der Waals surface area contributed by atoms with Gasteiger partial charge >= 0.3 is 0 Å². The highest BCUT2D eigenvalue weighted by Crippen LogP contribution is 2.33. The first-order chi connectivity index (χ1) is 9.28. The molecule has 0 radical (unpaired) electrons. The lowest BCUT2D eigenvalue weighted by Crippen LogP contribution is -2.29. The first-order valence-corrected chi connectivity index (χ1v) is 8.04. The normalized spacial score (nSPS) is 25.6. The van der Waals surface area contributed by atoms with Crippen LogP contribution in [-0.2, 0) is 6.42 Å². The van der Waals surface area contributed by atoms with Crippen LogP contribution in [0.25, 0.3) is 0 Å². The first-order valence-electron chi connectivity index (χ1n) is 7.16. The lowest BCUT2D eigenvalue weighted by molar-refractivity contribution is 0.0779. The Morgan fingerprint density at radius 1 is 1.37 bits per heavy atom. The predicted octanol–water partition coefficient (Wildman–Crippen LogP) is 3.13. The molecule has 1 aliphatic carbocycles. The Kier molecular flexibility index (Phi) is 3.69. The Morgan fingerprint density at radius 2 is 2.05 bits per heavy atom. The smallest absolute Gasteiger partial charge is 0.273 e. The van der Waals surface area contributed by atoms with Crippen LogP contribution < -0.4 is 0 Å². The van der Waals surface area contributed by atoms with Gasteiger partial charge in [0.1, 0.15) is 5.69 Å². The van der Waals surface area contributed by atoms with Gasteiger partial charge in [-0.25, -0.2) is 4.98 Å². The lowest BCUT2D eigenvalue weighted by atomic mass is 9.86. The van der Waals surface area contributed by atoms with E-state index in [9.17, 15) is 4.79 Å². The number of allylic oxidation sites excluding steroid dienone is 2. The second kappa shape index (κ2) is 5.45. The zero-order valence-corrected chi connectivity index (χ0v) is 12.2. The number of aromatic nitrogens is 1. The topological polar surface area (TPSA) is 33.2 Å². The average molecular weight is 276 g/mol. The number of fused-ring (bicyclic) bond motifs is 1. The van der Waals surface area contributed by atoms with Crippen molar-refractivity contribution in [3.8, 4) is 0 Å². The molecule has 1 aromatic heterocycles. The Labute approximate surface area is 118 Å². The monoisotopic (exact) mass is 276 g/mol. The van der Waals surface area contributed by atoms with E-state index in [4.69, 9.17) is 0 Å². The highest BCUT2D eigenvalue weighted by molar-refractivity contribution is 7.09. The summed E-state index contributed by atoms with van der Waals surface area (Å²) in [5, 5.41) is 3.01. The number of carbonyl (C=O) groups excluding carboxylic acids is 1. The minimum Gasteiger partial charge on any atom is -0.337 e. The molecule has 0 saturated carbocycles. The maximum absolute atomic E-state index is 12.5. The van der Waals surface area contributed by atoms with Crippen molar-refractivity contribution < 1.29 is 4.79 Å². The number of amides is 1. The van der Waals surface area contributed by atoms with E-state index < -0.39 is 0 Å². The number of hydrogen-bond donors (Lipinski definition) is 0. The van der Waals surface area contributed by atoms with E-state index >= 15 is 0 Å². The fourth-order valence-electron chi connectivity index (χ4n) is 3.08. The molecule has 1 fully saturated rings. The van der Waals surface area contributed by atoms with Crippen LogP contribution in [0.4, 0.5) is 0 Å². The van der Waals surface area contributed by atoms with Crippen molar-refractivity contribution in [3.63, 3.8) is 0 Å². The van der Waals surface area contributed by atoms with Gasteiger partial charge in [-0.15, -0.1) is 11.3 Å². The van der Waals surface area contributed by atoms with Crippen LogP contribution >= 0.6 is 11.3 Å². The van der Waals surface area contributed by atoms with Crippen molar-refractivity contribution in [1.82, 2.24) is 9.88 Å². The highest BCUT2D eigenvalue weighted by Gasteiger charge is 2.35. The van der Waals surface area contributed by atoms with Crippen molar-refractivity contribution in [2.75, 3.05) is 13.1 Å². The molecule has 3 nitrogen and oxygen atoms in total. The predicted molar refractivity (Wildman–Crippen MR) is 77.4 cm³/mol. The van der Waals surface area contributed by atoms with Gasteiger partial charge < -0.3 is 4.90 Å². The third kappa shape index (κ3) is 2.59. The maximum Gasteiger partial charge on any atom is 0.273 e. The molecule has 0 N–H and O–H groups in total. The summed E-state index contributed by atoms with van der Waals surface area (Å²) in [5.74, 6) is 1.47. The van der Waals surface area contributed by atoms with Crippen molar-refractivity contribution >= 4 is 17.2 Å². The standard InChI is InChI=1S/C15H20N2OS/c1-2-5-14-16-13(10-19-14)15(18)17-8-11-6-3-4-7-12(11)9-17/h3-4,10-12H,2,5-9H2,1H3/t11-,12+. The molecule has 1 aromatic rings. The van der Waals surface area contributed by atoms with Gasteiger partial charge in [0, 0.05) is 18.5 Å². The van der Waals surface area contributed by atoms with Crippen LogP contribution in [0.3, 0.4) is 0 Å². The molecule has 1 aliphatic heterocycles. The largest absolute Gasteiger partial charge is 0.337 e. The van der Waals surface area contributed by atoms with Crippen LogP contribution in [0.5, 0.6) is 0 Å². The molecule has 1 saturated heterocycles. The molecule has 102 valence electrons. The number of hydrogen-bond acceptors (Lipinski definition) is 3. The van der Waals surface area contributed by atoms with Gasteiger partial charge in [-0.3, -0.25) is 4.79 Å². The first kappa shape index (κ1) is 12.9. The molecular weight excluding hydrogens is 256 g/mol. The summed E-state index contributed by atoms with van der Waals surface area (Å²) in [6.07, 6.45) is 8.85. The summed E-state index contributed by atoms with van der Waals surface area (Å²) in [7, 11) is 0. The summed E-state index contributed by atoms with van der Waals surface area (Å²) in [6, 6.07) is 0. The van der Waals surface area contributed by atoms with E-state index in [2.05, 4.69) is 24.1 Å². The van der Waals surface area contributed by atoms with Crippen LogP contribution in [0, 0.1) is 11.8 Å². The molecule has 3 rings (SSSR count). The number of likely N-dealkylation sites (tertiary alicyclic amines) is 1. The minimum absolute atomic E-state index is 0.132. The van der Waals surface area contributed by atoms with E-state index in [1.54, 1.807) is 11.3 Å². The van der Waals surface area contributed by atoms with E-state index in [1.165, 1.54) is 0 Å². The maximum atomic E-state index is 12.5. The van der Waals surface area contributed by atoms with Crippen LogP contribution in [0.2, 0.25) is 0 Å². The number of carbonyl (C=O) groups is 1. The molecule has 4 heteroatoms. The number of aryl methyl sites for hydroxylation is 1. The fraction of sp³-hybridized carbons (Fsp3) is 0.600. The van der Waals surface area contributed by atoms with Gasteiger partial charge in [-0.1, -0.05) is 19.1 Å². The Bertz CT molecular complexity index is 478. The number of rotatable bonds is 3. The summed E-state index contributed by atoms with van der Waals surface area (Å²) >= 11 is 1.62. The quantitative estimate of drug-likeness (QED) is 0.795. The second-order valence-electron chi connectivity index (χ2n) is 5.55. The van der Waals surface area contributed by atoms with Crippen molar-refractivity contribution in [2.24, 2.45) is 11.8 Å². The fourth-order valence-corrected chi connectivity index (χ4v) is 3.95. The van der Waals surface area contributed by atoms with Gasteiger partial charge in [0.2, 0.25) is 0 Å². The van der Waals surface area contributed by atoms with E-state index in [0.717, 1.165) is 43.8 Å². The number of thiazole rings is 1. The van der Waals surface area contributed by atoms with Gasteiger partial charge in [-0.2, -0.15) is 0 Å². The summed E-state index contributed by atoms with van der Waals surface area (Å²) in [6.45, 7) is 3.96. The summed E-state index contributed by atoms with van der Waals surface area (Å²) in [5.41, 5.74) is 0.653. The molecule has 19 heavy (non-hydrogen) atoms. The summed E-state index contributed by atoms with van der Waals surface area (Å²) in [4.78, 5) is 18.9. The lowest BCUT2D eigenvalue weighted by Gasteiger charge is -2.17. The molecule has 1 amide bonds. The van der Waals surface area contributed by atoms with E-state index in [0.29, 0.717) is 17.5 Å². The molecular formula is C15H20N2OS. The van der Waals surface area contributed by atoms with Gasteiger partial charge in [0.25, 0.3) is 5.91 Å². The molecule has 0 unspecified atom stereocenters. The second-order valence-corrected chi connectivity index (χ2v) is 6.49. The van der Waals surface area contributed by atoms with Crippen molar-refractivity contribution in [3.05, 3.63) is 28.2 Å². The number of nitrogens with zero attached hydrogens (tertiary/aromatic N) is 2. The van der Waals surface area contributed by atoms with Gasteiger partial charge in [-0.05, 0) is 37.5 Å². The SMILES string of the molecule is CCCc1nc(C(=O)N2C[C@H]3CC=CC[C@H]3C2)cs1. The van der Waals surface area contributed by atoms with Gasteiger partial charge in [0.15, 0.2) is 0 Å². The molecule has 2 heterocycles. The van der Waals surface area contributed by atoms with Crippen LogP contribution in [0.1, 0.15) is 41.7 Å². The molecule has 2 aliphatic rings. The highest BCUT2D eigenvalue weighted by atomic mass is 32.1. The molecule has 2 atom stereocenters. The Morgan fingerprint density at radius 3 is 2.68 bits per heavy atom. The molecule has 0 bridgehead atoms. The average Bonchev–Trinajstić information content (AvgIpc) is 3.04. The zero-order chi connectivity index (χ0) is 13.2. The van der Waals surface area contributed by atoms with E-state index in [1.807, 2.05) is 10.3 Å². The third-order valence-corrected chi connectivity index (χ3v) is 5.05. The third-order valence-electron chi connectivity index (χ3n) is 4.14. The minimum atomic E-state index is 0.132. The van der Waals surface area contributed by atoms with Gasteiger partial charge in [0.05, 0.1) is 5.01 Å².